The smallest absolute Gasteiger partial charge is 0.307 e. The number of non-ortho nitro benzene ring substituents is 1. The van der Waals surface area contributed by atoms with Crippen LogP contribution in [0.5, 0.6) is 0 Å². The van der Waals surface area contributed by atoms with Crippen LogP contribution in [0.3, 0.4) is 0 Å². The van der Waals surface area contributed by atoms with Crippen LogP contribution in [0.2, 0.25) is 0 Å². The van der Waals surface area contributed by atoms with E-state index in [1.165, 1.54) is 18.2 Å². The molecular weight excluding hydrogens is 226 g/mol. The van der Waals surface area contributed by atoms with Crippen LogP contribution in [0.25, 0.3) is 0 Å². The first-order chi connectivity index (χ1) is 7.99. The number of rotatable bonds is 2. The molecule has 6 nitrogen and oxygen atoms in total. The fourth-order valence-electron chi connectivity index (χ4n) is 1.96. The summed E-state index contributed by atoms with van der Waals surface area (Å²) in [4.78, 5) is 32.5. The van der Waals surface area contributed by atoms with Gasteiger partial charge in [0.1, 0.15) is 0 Å². The van der Waals surface area contributed by atoms with Crippen molar-refractivity contribution in [1.29, 1.82) is 0 Å². The summed E-state index contributed by atoms with van der Waals surface area (Å²) in [6.45, 7) is 0. The molecule has 1 aliphatic carbocycles. The number of carbonyl (C=O) groups is 2. The fraction of sp³-hybridized carbons (Fsp3) is 0.273. The van der Waals surface area contributed by atoms with Crippen LogP contribution in [-0.4, -0.2) is 21.8 Å². The Labute approximate surface area is 96.0 Å². The van der Waals surface area contributed by atoms with Crippen molar-refractivity contribution >= 4 is 17.4 Å². The van der Waals surface area contributed by atoms with Crippen molar-refractivity contribution in [2.24, 2.45) is 5.92 Å². The second kappa shape index (κ2) is 3.97. The highest BCUT2D eigenvalue weighted by molar-refractivity contribution is 6.01. The van der Waals surface area contributed by atoms with Crippen molar-refractivity contribution in [3.05, 3.63) is 39.4 Å². The topological polar surface area (TPSA) is 97.5 Å². The third-order valence-electron chi connectivity index (χ3n) is 2.85. The van der Waals surface area contributed by atoms with Crippen LogP contribution >= 0.6 is 0 Å². The zero-order chi connectivity index (χ0) is 12.6. The zero-order valence-electron chi connectivity index (χ0n) is 8.75. The lowest BCUT2D eigenvalue weighted by molar-refractivity contribution is -0.384. The van der Waals surface area contributed by atoms with Gasteiger partial charge in [0, 0.05) is 24.1 Å². The Kier molecular flexibility index (Phi) is 2.63. The van der Waals surface area contributed by atoms with Crippen molar-refractivity contribution in [2.45, 2.75) is 12.8 Å². The zero-order valence-corrected chi connectivity index (χ0v) is 8.75. The second-order valence-corrected chi connectivity index (χ2v) is 3.97. The largest absolute Gasteiger partial charge is 0.481 e. The van der Waals surface area contributed by atoms with E-state index in [-0.39, 0.29) is 29.9 Å². The lowest BCUT2D eigenvalue weighted by atomic mass is 9.83. The number of ketones is 1. The van der Waals surface area contributed by atoms with E-state index >= 15 is 0 Å². The number of hydrogen-bond donors (Lipinski definition) is 1. The first-order valence-electron chi connectivity index (χ1n) is 5.02. The maximum Gasteiger partial charge on any atom is 0.307 e. The molecule has 0 saturated carbocycles. The van der Waals surface area contributed by atoms with Crippen molar-refractivity contribution in [2.75, 3.05) is 0 Å². The number of nitro benzene ring substituents is 1. The number of fused-ring (bicyclic) bond motifs is 1. The first-order valence-corrected chi connectivity index (χ1v) is 5.02. The van der Waals surface area contributed by atoms with Gasteiger partial charge in [0.05, 0.1) is 10.8 Å². The molecule has 0 amide bonds. The van der Waals surface area contributed by atoms with E-state index in [1.54, 1.807) is 0 Å². The standard InChI is InChI=1S/C11H9NO5/c13-10-4-7(11(14)15)3-6-1-2-8(12(16)17)5-9(6)10/h1-2,5,7H,3-4H2,(H,14,15)/t7-/m0/s1. The van der Waals surface area contributed by atoms with Crippen molar-refractivity contribution in [3.8, 4) is 0 Å². The molecule has 0 radical (unpaired) electrons. The molecule has 1 aromatic carbocycles. The maximum atomic E-state index is 11.7. The van der Waals surface area contributed by atoms with Crippen molar-refractivity contribution in [3.63, 3.8) is 0 Å². The molecule has 6 heteroatoms. The third-order valence-corrected chi connectivity index (χ3v) is 2.85. The summed E-state index contributed by atoms with van der Waals surface area (Å²) < 4.78 is 0. The summed E-state index contributed by atoms with van der Waals surface area (Å²) in [5, 5.41) is 19.4. The highest BCUT2D eigenvalue weighted by atomic mass is 16.6. The molecule has 88 valence electrons. The molecule has 0 spiro atoms. The SMILES string of the molecule is O=C1C[C@@H](C(=O)O)Cc2ccc([N+](=O)[O-])cc21. The minimum Gasteiger partial charge on any atom is -0.481 e. The Morgan fingerprint density at radius 3 is 2.71 bits per heavy atom. The van der Waals surface area contributed by atoms with Gasteiger partial charge in [-0.2, -0.15) is 0 Å². The van der Waals surface area contributed by atoms with Gasteiger partial charge in [-0.05, 0) is 12.0 Å². The molecule has 1 atom stereocenters. The summed E-state index contributed by atoms with van der Waals surface area (Å²) in [6.07, 6.45) is 0.151. The predicted molar refractivity (Wildman–Crippen MR) is 56.9 cm³/mol. The van der Waals surface area contributed by atoms with Crippen LogP contribution in [0, 0.1) is 16.0 Å². The lowest BCUT2D eigenvalue weighted by Crippen LogP contribution is -2.26. The van der Waals surface area contributed by atoms with Gasteiger partial charge in [0.2, 0.25) is 0 Å². The van der Waals surface area contributed by atoms with Crippen LogP contribution in [0.15, 0.2) is 18.2 Å². The van der Waals surface area contributed by atoms with Gasteiger partial charge in [0.15, 0.2) is 5.78 Å². The summed E-state index contributed by atoms with van der Waals surface area (Å²) in [7, 11) is 0. The fourth-order valence-corrected chi connectivity index (χ4v) is 1.96. The molecule has 0 fully saturated rings. The average molecular weight is 235 g/mol. The minimum absolute atomic E-state index is 0.0937. The second-order valence-electron chi connectivity index (χ2n) is 3.97. The van der Waals surface area contributed by atoms with E-state index in [1.807, 2.05) is 0 Å². The Morgan fingerprint density at radius 2 is 2.12 bits per heavy atom. The van der Waals surface area contributed by atoms with Gasteiger partial charge in [-0.3, -0.25) is 19.7 Å². The molecule has 17 heavy (non-hydrogen) atoms. The summed E-state index contributed by atoms with van der Waals surface area (Å²) in [5.41, 5.74) is 0.696. The average Bonchev–Trinajstić information content (AvgIpc) is 2.28. The molecule has 0 bridgehead atoms. The number of nitrogens with zero attached hydrogens (tertiary/aromatic N) is 1. The number of nitro groups is 1. The normalized spacial score (nSPS) is 18.6. The molecule has 2 rings (SSSR count). The maximum absolute atomic E-state index is 11.7. The van der Waals surface area contributed by atoms with Crippen LogP contribution in [-0.2, 0) is 11.2 Å². The number of hydrogen-bond acceptors (Lipinski definition) is 4. The highest BCUT2D eigenvalue weighted by Gasteiger charge is 2.30. The Hall–Kier alpha value is -2.24. The molecule has 0 aliphatic heterocycles. The van der Waals surface area contributed by atoms with Gasteiger partial charge in [-0.25, -0.2) is 0 Å². The van der Waals surface area contributed by atoms with E-state index in [4.69, 9.17) is 5.11 Å². The molecule has 1 N–H and O–H groups in total. The predicted octanol–water partition coefficient (Wildman–Crippen LogP) is 1.42. The van der Waals surface area contributed by atoms with Gasteiger partial charge in [-0.15, -0.1) is 0 Å². The van der Waals surface area contributed by atoms with Gasteiger partial charge in [-0.1, -0.05) is 6.07 Å². The molecule has 0 saturated heterocycles. The molecular formula is C11H9NO5. The Balaban J connectivity index is 2.42. The number of carboxylic acids is 1. The number of Topliss-reactive ketones (excluding diaryl/α,β-unsaturated/α-hetero) is 1. The van der Waals surface area contributed by atoms with E-state index < -0.39 is 16.8 Å². The number of carbonyl (C=O) groups excluding carboxylic acids is 1. The van der Waals surface area contributed by atoms with Crippen molar-refractivity contribution < 1.29 is 19.6 Å². The summed E-state index contributed by atoms with van der Waals surface area (Å²) in [5.74, 6) is -2.08. The third kappa shape index (κ3) is 2.01. The Morgan fingerprint density at radius 1 is 1.41 bits per heavy atom. The Bertz CT molecular complexity index is 523. The monoisotopic (exact) mass is 235 g/mol. The quantitative estimate of drug-likeness (QED) is 0.617. The van der Waals surface area contributed by atoms with E-state index in [0.29, 0.717) is 5.56 Å². The molecule has 1 aromatic rings. The molecule has 0 aromatic heterocycles. The minimum atomic E-state index is -1.01. The van der Waals surface area contributed by atoms with Crippen LogP contribution in [0.4, 0.5) is 5.69 Å². The lowest BCUT2D eigenvalue weighted by Gasteiger charge is -2.19. The van der Waals surface area contributed by atoms with Crippen LogP contribution < -0.4 is 0 Å². The van der Waals surface area contributed by atoms with E-state index in [2.05, 4.69) is 0 Å². The highest BCUT2D eigenvalue weighted by Crippen LogP contribution is 2.28. The van der Waals surface area contributed by atoms with Crippen LogP contribution in [0.1, 0.15) is 22.3 Å². The summed E-state index contributed by atoms with van der Waals surface area (Å²) >= 11 is 0. The molecule has 0 heterocycles. The molecule has 0 unspecified atom stereocenters. The number of benzene rings is 1. The van der Waals surface area contributed by atoms with E-state index in [9.17, 15) is 19.7 Å². The number of carboxylic acid groups (broad SMARTS) is 1. The van der Waals surface area contributed by atoms with Gasteiger partial charge < -0.3 is 5.11 Å². The first kappa shape index (κ1) is 11.3. The molecule has 1 aliphatic rings. The van der Waals surface area contributed by atoms with Gasteiger partial charge >= 0.3 is 5.97 Å². The van der Waals surface area contributed by atoms with Gasteiger partial charge in [0.25, 0.3) is 5.69 Å². The van der Waals surface area contributed by atoms with E-state index in [0.717, 1.165) is 0 Å². The summed E-state index contributed by atoms with van der Waals surface area (Å²) in [6, 6.07) is 3.96. The van der Waals surface area contributed by atoms with Crippen molar-refractivity contribution in [1.82, 2.24) is 0 Å². The number of aliphatic carboxylic acids is 1.